The van der Waals surface area contributed by atoms with E-state index in [0.717, 1.165) is 29.6 Å². The molecule has 0 amide bonds. The van der Waals surface area contributed by atoms with Crippen LogP contribution in [-0.2, 0) is 0 Å². The van der Waals surface area contributed by atoms with E-state index >= 15 is 0 Å². The van der Waals surface area contributed by atoms with Crippen molar-refractivity contribution in [2.24, 2.45) is 0 Å². The number of nitrogens with one attached hydrogen (secondary N) is 1. The Hall–Kier alpha value is -0.480. The Bertz CT molecular complexity index is 317. The number of nitrogens with zero attached hydrogens (tertiary/aromatic N) is 2. The number of aromatic nitrogens is 2. The van der Waals surface area contributed by atoms with Crippen LogP contribution in [0, 0.1) is 0 Å². The molecule has 1 aromatic rings. The standard InChI is InChI=1S/C12H20BrN3/c1-4-6-15-11(5-2)9(3)12-10(13)7-14-8-16-12/h7-9,11,15H,4-6H2,1-3H3. The second kappa shape index (κ2) is 6.97. The first kappa shape index (κ1) is 13.6. The molecule has 0 aliphatic carbocycles. The first-order chi connectivity index (χ1) is 7.70. The summed E-state index contributed by atoms with van der Waals surface area (Å²) in [5, 5.41) is 3.56. The van der Waals surface area contributed by atoms with Crippen LogP contribution in [0.4, 0.5) is 0 Å². The molecule has 1 aromatic heterocycles. The maximum absolute atomic E-state index is 4.36. The number of rotatable bonds is 6. The van der Waals surface area contributed by atoms with Gasteiger partial charge in [-0.1, -0.05) is 20.8 Å². The SMILES string of the molecule is CCCNC(CC)C(C)c1ncncc1Br. The number of hydrogen-bond donors (Lipinski definition) is 1. The molecule has 1 rings (SSSR count). The van der Waals surface area contributed by atoms with E-state index in [4.69, 9.17) is 0 Å². The minimum atomic E-state index is 0.397. The van der Waals surface area contributed by atoms with Crippen molar-refractivity contribution in [3.05, 3.63) is 22.7 Å². The second-order valence-corrected chi connectivity index (χ2v) is 4.87. The van der Waals surface area contributed by atoms with Gasteiger partial charge in [0.1, 0.15) is 6.33 Å². The van der Waals surface area contributed by atoms with E-state index in [1.807, 2.05) is 6.20 Å². The summed E-state index contributed by atoms with van der Waals surface area (Å²) in [6.07, 6.45) is 5.69. The average molecular weight is 286 g/mol. The zero-order valence-electron chi connectivity index (χ0n) is 10.2. The van der Waals surface area contributed by atoms with Crippen molar-refractivity contribution in [3.8, 4) is 0 Å². The maximum atomic E-state index is 4.36. The quantitative estimate of drug-likeness (QED) is 0.873. The van der Waals surface area contributed by atoms with Crippen LogP contribution in [0.2, 0.25) is 0 Å². The van der Waals surface area contributed by atoms with Crippen molar-refractivity contribution in [1.82, 2.24) is 15.3 Å². The van der Waals surface area contributed by atoms with Gasteiger partial charge >= 0.3 is 0 Å². The lowest BCUT2D eigenvalue weighted by Gasteiger charge is -2.24. The second-order valence-electron chi connectivity index (χ2n) is 4.01. The molecule has 0 saturated heterocycles. The lowest BCUT2D eigenvalue weighted by Crippen LogP contribution is -2.34. The molecule has 2 unspecified atom stereocenters. The molecular weight excluding hydrogens is 266 g/mol. The van der Waals surface area contributed by atoms with Gasteiger partial charge in [-0.3, -0.25) is 0 Å². The molecule has 0 aromatic carbocycles. The molecule has 3 nitrogen and oxygen atoms in total. The number of hydrogen-bond acceptors (Lipinski definition) is 3. The first-order valence-corrected chi connectivity index (χ1v) is 6.68. The molecule has 1 heterocycles. The third kappa shape index (κ3) is 3.52. The van der Waals surface area contributed by atoms with Crippen molar-refractivity contribution in [1.29, 1.82) is 0 Å². The minimum absolute atomic E-state index is 0.397. The van der Waals surface area contributed by atoms with Crippen LogP contribution in [0.25, 0.3) is 0 Å². The average Bonchev–Trinajstić information content (AvgIpc) is 2.30. The van der Waals surface area contributed by atoms with Crippen molar-refractivity contribution in [2.75, 3.05) is 6.54 Å². The number of halogens is 1. The Labute approximate surface area is 106 Å². The minimum Gasteiger partial charge on any atom is -0.313 e. The van der Waals surface area contributed by atoms with E-state index in [0.29, 0.717) is 12.0 Å². The van der Waals surface area contributed by atoms with Gasteiger partial charge in [0, 0.05) is 18.2 Å². The predicted octanol–water partition coefficient (Wildman–Crippen LogP) is 3.12. The van der Waals surface area contributed by atoms with Crippen LogP contribution in [0.3, 0.4) is 0 Å². The molecule has 16 heavy (non-hydrogen) atoms. The molecular formula is C12H20BrN3. The highest BCUT2D eigenvalue weighted by Crippen LogP contribution is 2.25. The molecule has 0 aliphatic heterocycles. The lowest BCUT2D eigenvalue weighted by molar-refractivity contribution is 0.431. The molecule has 4 heteroatoms. The Balaban J connectivity index is 2.74. The van der Waals surface area contributed by atoms with Crippen LogP contribution < -0.4 is 5.32 Å². The third-order valence-electron chi connectivity index (χ3n) is 2.83. The fourth-order valence-electron chi connectivity index (χ4n) is 1.85. The van der Waals surface area contributed by atoms with Crippen LogP contribution in [-0.4, -0.2) is 22.6 Å². The van der Waals surface area contributed by atoms with Crippen LogP contribution in [0.15, 0.2) is 17.0 Å². The van der Waals surface area contributed by atoms with Crippen LogP contribution in [0.1, 0.15) is 45.2 Å². The highest BCUT2D eigenvalue weighted by atomic mass is 79.9. The van der Waals surface area contributed by atoms with E-state index in [1.54, 1.807) is 6.33 Å². The van der Waals surface area contributed by atoms with Crippen molar-refractivity contribution < 1.29 is 0 Å². The summed E-state index contributed by atoms with van der Waals surface area (Å²) in [4.78, 5) is 8.35. The van der Waals surface area contributed by atoms with Crippen LogP contribution >= 0.6 is 15.9 Å². The van der Waals surface area contributed by atoms with Gasteiger partial charge in [-0.05, 0) is 35.3 Å². The smallest absolute Gasteiger partial charge is 0.115 e. The maximum Gasteiger partial charge on any atom is 0.115 e. The fraction of sp³-hybridized carbons (Fsp3) is 0.667. The molecule has 0 fully saturated rings. The van der Waals surface area contributed by atoms with Gasteiger partial charge in [0.25, 0.3) is 0 Å². The zero-order valence-corrected chi connectivity index (χ0v) is 11.8. The first-order valence-electron chi connectivity index (χ1n) is 5.89. The predicted molar refractivity (Wildman–Crippen MR) is 70.5 cm³/mol. The van der Waals surface area contributed by atoms with E-state index in [1.165, 1.54) is 0 Å². The molecule has 1 N–H and O–H groups in total. The molecule has 0 spiro atoms. The van der Waals surface area contributed by atoms with Gasteiger partial charge in [-0.15, -0.1) is 0 Å². The Kier molecular flexibility index (Phi) is 5.91. The highest BCUT2D eigenvalue weighted by molar-refractivity contribution is 9.10. The highest BCUT2D eigenvalue weighted by Gasteiger charge is 2.19. The summed E-state index contributed by atoms with van der Waals surface area (Å²) in [7, 11) is 0. The summed E-state index contributed by atoms with van der Waals surface area (Å²) >= 11 is 3.51. The summed E-state index contributed by atoms with van der Waals surface area (Å²) < 4.78 is 0.999. The molecule has 0 saturated carbocycles. The van der Waals surface area contributed by atoms with E-state index in [-0.39, 0.29) is 0 Å². The Morgan fingerprint density at radius 2 is 2.19 bits per heavy atom. The lowest BCUT2D eigenvalue weighted by atomic mass is 9.96. The van der Waals surface area contributed by atoms with E-state index in [9.17, 15) is 0 Å². The molecule has 0 radical (unpaired) electrons. The van der Waals surface area contributed by atoms with Crippen LogP contribution in [0.5, 0.6) is 0 Å². The summed E-state index contributed by atoms with van der Waals surface area (Å²) in [6.45, 7) is 7.67. The fourth-order valence-corrected chi connectivity index (χ4v) is 2.43. The van der Waals surface area contributed by atoms with E-state index < -0.39 is 0 Å². The summed E-state index contributed by atoms with van der Waals surface area (Å²) in [6, 6.07) is 0.478. The van der Waals surface area contributed by atoms with E-state index in [2.05, 4.69) is 52.0 Å². The monoisotopic (exact) mass is 285 g/mol. The van der Waals surface area contributed by atoms with Gasteiger partial charge in [-0.2, -0.15) is 0 Å². The van der Waals surface area contributed by atoms with Gasteiger partial charge in [0.2, 0.25) is 0 Å². The summed E-state index contributed by atoms with van der Waals surface area (Å²) in [5.74, 6) is 0.397. The van der Waals surface area contributed by atoms with Crippen molar-refractivity contribution in [2.45, 2.75) is 45.6 Å². The molecule has 0 aliphatic rings. The van der Waals surface area contributed by atoms with Gasteiger partial charge in [0.05, 0.1) is 10.2 Å². The van der Waals surface area contributed by atoms with Gasteiger partial charge < -0.3 is 5.32 Å². The van der Waals surface area contributed by atoms with Gasteiger partial charge in [-0.25, -0.2) is 9.97 Å². The van der Waals surface area contributed by atoms with Crippen molar-refractivity contribution in [3.63, 3.8) is 0 Å². The Morgan fingerprint density at radius 3 is 2.75 bits per heavy atom. The van der Waals surface area contributed by atoms with Crippen molar-refractivity contribution >= 4 is 15.9 Å². The molecule has 90 valence electrons. The molecule has 0 bridgehead atoms. The topological polar surface area (TPSA) is 37.8 Å². The third-order valence-corrected chi connectivity index (χ3v) is 3.44. The Morgan fingerprint density at radius 1 is 1.44 bits per heavy atom. The van der Waals surface area contributed by atoms with Gasteiger partial charge in [0.15, 0.2) is 0 Å². The molecule has 2 atom stereocenters. The largest absolute Gasteiger partial charge is 0.313 e. The summed E-state index contributed by atoms with van der Waals surface area (Å²) in [5.41, 5.74) is 1.09. The zero-order chi connectivity index (χ0) is 12.0. The normalized spacial score (nSPS) is 14.8.